The Balaban J connectivity index is 1.68. The Labute approximate surface area is 118 Å². The molecule has 0 atom stereocenters. The van der Waals surface area contributed by atoms with Crippen LogP contribution in [0.15, 0.2) is 0 Å². The van der Waals surface area contributed by atoms with Gasteiger partial charge < -0.3 is 15.3 Å². The number of rotatable bonds is 5. The highest BCUT2D eigenvalue weighted by atomic mass is 16.3. The molecule has 0 spiro atoms. The summed E-state index contributed by atoms with van der Waals surface area (Å²) >= 11 is 0. The van der Waals surface area contributed by atoms with E-state index in [1.165, 1.54) is 51.7 Å². The van der Waals surface area contributed by atoms with Gasteiger partial charge in [-0.25, -0.2) is 0 Å². The topological polar surface area (TPSA) is 35.5 Å². The van der Waals surface area contributed by atoms with E-state index >= 15 is 0 Å². The number of hydrogen-bond acceptors (Lipinski definition) is 3. The van der Waals surface area contributed by atoms with Gasteiger partial charge in [-0.15, -0.1) is 0 Å². The number of piperidine rings is 1. The summed E-state index contributed by atoms with van der Waals surface area (Å²) in [5, 5.41) is 14.3. The van der Waals surface area contributed by atoms with Crippen molar-refractivity contribution in [1.29, 1.82) is 0 Å². The predicted octanol–water partition coefficient (Wildman–Crippen LogP) is 2.39. The fourth-order valence-corrected chi connectivity index (χ4v) is 3.59. The van der Waals surface area contributed by atoms with Crippen molar-refractivity contribution in [3.8, 4) is 0 Å². The molecule has 1 saturated heterocycles. The number of nitrogens with one attached hydrogen (secondary N) is 1. The lowest BCUT2D eigenvalue weighted by molar-refractivity contribution is -0.0121. The molecule has 112 valence electrons. The molecule has 0 bridgehead atoms. The van der Waals surface area contributed by atoms with Crippen molar-refractivity contribution in [3.63, 3.8) is 0 Å². The van der Waals surface area contributed by atoms with Crippen molar-refractivity contribution in [3.05, 3.63) is 0 Å². The molecule has 2 rings (SSSR count). The second-order valence-corrected chi connectivity index (χ2v) is 6.67. The van der Waals surface area contributed by atoms with Gasteiger partial charge in [-0.3, -0.25) is 0 Å². The van der Waals surface area contributed by atoms with Gasteiger partial charge in [0.2, 0.25) is 0 Å². The molecule has 0 aromatic heterocycles. The number of aliphatic hydroxyl groups is 1. The molecule has 1 aliphatic carbocycles. The molecule has 1 saturated carbocycles. The average molecular weight is 268 g/mol. The highest BCUT2D eigenvalue weighted by Crippen LogP contribution is 2.33. The zero-order valence-corrected chi connectivity index (χ0v) is 12.8. The minimum absolute atomic E-state index is 0.423. The van der Waals surface area contributed by atoms with E-state index in [4.69, 9.17) is 0 Å². The summed E-state index contributed by atoms with van der Waals surface area (Å²) in [6.45, 7) is 8.92. The lowest BCUT2D eigenvalue weighted by Crippen LogP contribution is -2.49. The van der Waals surface area contributed by atoms with Gasteiger partial charge in [-0.05, 0) is 64.1 Å². The zero-order chi connectivity index (χ0) is 13.7. The van der Waals surface area contributed by atoms with Gasteiger partial charge in [0.15, 0.2) is 0 Å². The van der Waals surface area contributed by atoms with E-state index in [9.17, 15) is 5.11 Å². The summed E-state index contributed by atoms with van der Waals surface area (Å²) in [6.07, 6.45) is 8.16. The van der Waals surface area contributed by atoms with E-state index in [2.05, 4.69) is 24.1 Å². The fraction of sp³-hybridized carbons (Fsp3) is 1.00. The molecule has 2 N–H and O–H groups in total. The average Bonchev–Trinajstić information content (AvgIpc) is 2.47. The molecule has 0 amide bonds. The summed E-state index contributed by atoms with van der Waals surface area (Å²) in [5.74, 6) is 0.855. The lowest BCUT2D eigenvalue weighted by atomic mass is 9.77. The summed E-state index contributed by atoms with van der Waals surface area (Å²) in [7, 11) is 0. The quantitative estimate of drug-likeness (QED) is 0.803. The molecule has 2 fully saturated rings. The van der Waals surface area contributed by atoms with Gasteiger partial charge >= 0.3 is 0 Å². The van der Waals surface area contributed by atoms with E-state index in [1.54, 1.807) is 0 Å². The van der Waals surface area contributed by atoms with Crippen LogP contribution in [0.2, 0.25) is 0 Å². The first-order valence-electron chi connectivity index (χ1n) is 8.33. The Morgan fingerprint density at radius 3 is 2.26 bits per heavy atom. The second-order valence-electron chi connectivity index (χ2n) is 6.67. The standard InChI is InChI=1S/C16H32N2O/c1-3-14-5-9-16(19,10-6-14)13-17-15-7-11-18(4-2)12-8-15/h14-15,17,19H,3-13H2,1-2H3. The van der Waals surface area contributed by atoms with Gasteiger partial charge in [-0.1, -0.05) is 20.3 Å². The van der Waals surface area contributed by atoms with Crippen molar-refractivity contribution < 1.29 is 5.11 Å². The first kappa shape index (κ1) is 15.3. The smallest absolute Gasteiger partial charge is 0.0771 e. The van der Waals surface area contributed by atoms with E-state index in [-0.39, 0.29) is 0 Å². The molecule has 2 aliphatic rings. The van der Waals surface area contributed by atoms with Gasteiger partial charge in [-0.2, -0.15) is 0 Å². The fourth-order valence-electron chi connectivity index (χ4n) is 3.59. The number of nitrogens with zero attached hydrogens (tertiary/aromatic N) is 1. The minimum atomic E-state index is -0.423. The number of hydrogen-bond donors (Lipinski definition) is 2. The predicted molar refractivity (Wildman–Crippen MR) is 80.3 cm³/mol. The van der Waals surface area contributed by atoms with Crippen molar-refractivity contribution in [2.45, 2.75) is 70.4 Å². The van der Waals surface area contributed by atoms with E-state index in [1.807, 2.05) is 0 Å². The van der Waals surface area contributed by atoms with E-state index < -0.39 is 5.60 Å². The van der Waals surface area contributed by atoms with Crippen molar-refractivity contribution in [1.82, 2.24) is 10.2 Å². The molecule has 0 unspecified atom stereocenters. The summed E-state index contributed by atoms with van der Waals surface area (Å²) in [6, 6.07) is 0.621. The maximum atomic E-state index is 10.6. The molecular weight excluding hydrogens is 236 g/mol. The molecule has 0 aromatic carbocycles. The molecular formula is C16H32N2O. The van der Waals surface area contributed by atoms with Crippen LogP contribution < -0.4 is 5.32 Å². The van der Waals surface area contributed by atoms with Gasteiger partial charge in [0, 0.05) is 12.6 Å². The van der Waals surface area contributed by atoms with Gasteiger partial charge in [0.1, 0.15) is 0 Å². The maximum Gasteiger partial charge on any atom is 0.0771 e. The van der Waals surface area contributed by atoms with Crippen LogP contribution in [0.25, 0.3) is 0 Å². The highest BCUT2D eigenvalue weighted by molar-refractivity contribution is 4.89. The molecule has 3 nitrogen and oxygen atoms in total. The van der Waals surface area contributed by atoms with Crippen LogP contribution in [-0.2, 0) is 0 Å². The third-order valence-electron chi connectivity index (χ3n) is 5.37. The van der Waals surface area contributed by atoms with Gasteiger partial charge in [0.05, 0.1) is 5.60 Å². The van der Waals surface area contributed by atoms with Crippen LogP contribution in [0.5, 0.6) is 0 Å². The van der Waals surface area contributed by atoms with Gasteiger partial charge in [0.25, 0.3) is 0 Å². The summed E-state index contributed by atoms with van der Waals surface area (Å²) in [5.41, 5.74) is -0.423. The zero-order valence-electron chi connectivity index (χ0n) is 12.8. The van der Waals surface area contributed by atoms with Crippen LogP contribution in [0.1, 0.15) is 58.8 Å². The Bertz CT molecular complexity index is 253. The lowest BCUT2D eigenvalue weighted by Gasteiger charge is -2.38. The third kappa shape index (κ3) is 4.44. The molecule has 1 aliphatic heterocycles. The van der Waals surface area contributed by atoms with Crippen LogP contribution in [-0.4, -0.2) is 47.8 Å². The van der Waals surface area contributed by atoms with Crippen molar-refractivity contribution >= 4 is 0 Å². The summed E-state index contributed by atoms with van der Waals surface area (Å²) < 4.78 is 0. The molecule has 1 heterocycles. The normalized spacial score (nSPS) is 34.6. The van der Waals surface area contributed by atoms with E-state index in [0.717, 1.165) is 25.3 Å². The minimum Gasteiger partial charge on any atom is -0.389 e. The Morgan fingerprint density at radius 2 is 1.74 bits per heavy atom. The highest BCUT2D eigenvalue weighted by Gasteiger charge is 2.33. The van der Waals surface area contributed by atoms with Crippen LogP contribution in [0.4, 0.5) is 0 Å². The van der Waals surface area contributed by atoms with Crippen molar-refractivity contribution in [2.75, 3.05) is 26.2 Å². The van der Waals surface area contributed by atoms with E-state index in [0.29, 0.717) is 6.04 Å². The Hall–Kier alpha value is -0.120. The van der Waals surface area contributed by atoms with Crippen molar-refractivity contribution in [2.24, 2.45) is 5.92 Å². The van der Waals surface area contributed by atoms with Crippen LogP contribution >= 0.6 is 0 Å². The monoisotopic (exact) mass is 268 g/mol. The SMILES string of the molecule is CCC1CCC(O)(CNC2CCN(CC)CC2)CC1. The molecule has 3 heteroatoms. The van der Waals surface area contributed by atoms with Crippen LogP contribution in [0, 0.1) is 5.92 Å². The molecule has 0 aromatic rings. The Morgan fingerprint density at radius 1 is 1.11 bits per heavy atom. The second kappa shape index (κ2) is 7.05. The third-order valence-corrected chi connectivity index (χ3v) is 5.37. The largest absolute Gasteiger partial charge is 0.389 e. The first-order valence-corrected chi connectivity index (χ1v) is 8.33. The first-order chi connectivity index (χ1) is 9.15. The van der Waals surface area contributed by atoms with Crippen LogP contribution in [0.3, 0.4) is 0 Å². The maximum absolute atomic E-state index is 10.6. The molecule has 0 radical (unpaired) electrons. The number of likely N-dealkylation sites (tertiary alicyclic amines) is 1. The Kier molecular flexibility index (Phi) is 5.67. The summed E-state index contributed by atoms with van der Waals surface area (Å²) in [4.78, 5) is 2.51. The molecule has 19 heavy (non-hydrogen) atoms.